The SMILES string of the molecule is O=C(COC(=O)c1ccccc1CCc1ccccc1)c1c[nH]c(C(=O)N2CCCC2)c1. The molecule has 1 aromatic heterocycles. The zero-order valence-electron chi connectivity index (χ0n) is 17.9. The molecule has 1 amide bonds. The first-order valence-corrected chi connectivity index (χ1v) is 10.9. The van der Waals surface area contributed by atoms with Crippen LogP contribution < -0.4 is 0 Å². The van der Waals surface area contributed by atoms with Crippen molar-refractivity contribution in [1.82, 2.24) is 9.88 Å². The molecule has 164 valence electrons. The van der Waals surface area contributed by atoms with E-state index in [2.05, 4.69) is 17.1 Å². The van der Waals surface area contributed by atoms with Crippen LogP contribution >= 0.6 is 0 Å². The van der Waals surface area contributed by atoms with Crippen LogP contribution in [-0.4, -0.2) is 47.2 Å². The second kappa shape index (κ2) is 10.1. The summed E-state index contributed by atoms with van der Waals surface area (Å²) in [5, 5.41) is 0. The number of nitrogens with one attached hydrogen (secondary N) is 1. The van der Waals surface area contributed by atoms with Gasteiger partial charge in [-0.1, -0.05) is 48.5 Å². The monoisotopic (exact) mass is 430 g/mol. The predicted molar refractivity (Wildman–Crippen MR) is 121 cm³/mol. The van der Waals surface area contributed by atoms with Crippen LogP contribution in [0.25, 0.3) is 0 Å². The molecule has 1 fully saturated rings. The van der Waals surface area contributed by atoms with E-state index in [4.69, 9.17) is 4.74 Å². The van der Waals surface area contributed by atoms with Crippen LogP contribution in [0.5, 0.6) is 0 Å². The summed E-state index contributed by atoms with van der Waals surface area (Å²) in [6.45, 7) is 1.10. The normalized spacial score (nSPS) is 13.2. The average molecular weight is 431 g/mol. The molecule has 0 bridgehead atoms. The van der Waals surface area contributed by atoms with Crippen molar-refractivity contribution in [2.24, 2.45) is 0 Å². The lowest BCUT2D eigenvalue weighted by molar-refractivity contribution is 0.0473. The number of benzene rings is 2. The van der Waals surface area contributed by atoms with Gasteiger partial charge in [-0.15, -0.1) is 0 Å². The first kappa shape index (κ1) is 21.6. The summed E-state index contributed by atoms with van der Waals surface area (Å²) in [7, 11) is 0. The van der Waals surface area contributed by atoms with Gasteiger partial charge in [0, 0.05) is 24.8 Å². The van der Waals surface area contributed by atoms with E-state index in [1.165, 1.54) is 17.8 Å². The van der Waals surface area contributed by atoms with E-state index in [1.54, 1.807) is 17.0 Å². The van der Waals surface area contributed by atoms with Gasteiger partial charge in [0.2, 0.25) is 5.78 Å². The number of Topliss-reactive ketones (excluding diaryl/α,β-unsaturated/α-hetero) is 1. The topological polar surface area (TPSA) is 79.5 Å². The van der Waals surface area contributed by atoms with E-state index in [-0.39, 0.29) is 18.3 Å². The molecule has 2 heterocycles. The number of aromatic nitrogens is 1. The molecule has 2 aromatic carbocycles. The fourth-order valence-electron chi connectivity index (χ4n) is 3.92. The van der Waals surface area contributed by atoms with E-state index in [9.17, 15) is 14.4 Å². The third-order valence-corrected chi connectivity index (χ3v) is 5.73. The Morgan fingerprint density at radius 3 is 2.41 bits per heavy atom. The van der Waals surface area contributed by atoms with Gasteiger partial charge in [-0.25, -0.2) is 4.79 Å². The summed E-state index contributed by atoms with van der Waals surface area (Å²) >= 11 is 0. The Hall–Kier alpha value is -3.67. The largest absolute Gasteiger partial charge is 0.454 e. The van der Waals surface area contributed by atoms with Crippen molar-refractivity contribution in [2.45, 2.75) is 25.7 Å². The second-order valence-corrected chi connectivity index (χ2v) is 7.94. The smallest absolute Gasteiger partial charge is 0.338 e. The molecule has 1 saturated heterocycles. The summed E-state index contributed by atoms with van der Waals surface area (Å²) < 4.78 is 5.31. The molecule has 6 nitrogen and oxygen atoms in total. The molecule has 4 rings (SSSR count). The maximum absolute atomic E-state index is 12.7. The number of esters is 1. The lowest BCUT2D eigenvalue weighted by Crippen LogP contribution is -2.27. The van der Waals surface area contributed by atoms with Gasteiger partial charge in [-0.2, -0.15) is 0 Å². The van der Waals surface area contributed by atoms with Gasteiger partial charge < -0.3 is 14.6 Å². The van der Waals surface area contributed by atoms with E-state index >= 15 is 0 Å². The van der Waals surface area contributed by atoms with Crippen LogP contribution in [0.15, 0.2) is 66.9 Å². The molecule has 0 aliphatic carbocycles. The Balaban J connectivity index is 1.35. The maximum Gasteiger partial charge on any atom is 0.338 e. The first-order chi connectivity index (χ1) is 15.6. The van der Waals surface area contributed by atoms with Crippen molar-refractivity contribution in [3.63, 3.8) is 0 Å². The number of H-pyrrole nitrogens is 1. The summed E-state index contributed by atoms with van der Waals surface area (Å²) in [5.41, 5.74) is 3.26. The molecule has 0 saturated carbocycles. The first-order valence-electron chi connectivity index (χ1n) is 10.9. The molecule has 1 N–H and O–H groups in total. The maximum atomic E-state index is 12.7. The predicted octanol–water partition coefficient (Wildman–Crippen LogP) is 4.08. The second-order valence-electron chi connectivity index (χ2n) is 7.94. The summed E-state index contributed by atoms with van der Waals surface area (Å²) in [6.07, 6.45) is 5.00. The van der Waals surface area contributed by atoms with Gasteiger partial charge in [0.25, 0.3) is 5.91 Å². The van der Waals surface area contributed by atoms with Crippen molar-refractivity contribution in [3.05, 3.63) is 94.8 Å². The Morgan fingerprint density at radius 2 is 1.62 bits per heavy atom. The van der Waals surface area contributed by atoms with Crippen LogP contribution in [0, 0.1) is 0 Å². The van der Waals surface area contributed by atoms with Crippen LogP contribution in [0.3, 0.4) is 0 Å². The molecule has 0 unspecified atom stereocenters. The molecule has 32 heavy (non-hydrogen) atoms. The molecular formula is C26H26N2O4. The Labute approximate surface area is 187 Å². The third-order valence-electron chi connectivity index (χ3n) is 5.73. The van der Waals surface area contributed by atoms with Gasteiger partial charge in [0.05, 0.1) is 5.56 Å². The number of likely N-dealkylation sites (tertiary alicyclic amines) is 1. The Bertz CT molecular complexity index is 1100. The highest BCUT2D eigenvalue weighted by molar-refractivity contribution is 6.02. The minimum absolute atomic E-state index is 0.106. The van der Waals surface area contributed by atoms with Crippen molar-refractivity contribution < 1.29 is 19.1 Å². The van der Waals surface area contributed by atoms with Crippen LogP contribution in [0.4, 0.5) is 0 Å². The standard InChI is InChI=1S/C26H26N2O4/c29-24(21-16-23(27-17-21)25(30)28-14-6-7-15-28)18-32-26(31)22-11-5-4-10-20(22)13-12-19-8-2-1-3-9-19/h1-5,8-11,16-17,27H,6-7,12-15,18H2. The number of hydrogen-bond acceptors (Lipinski definition) is 4. The van der Waals surface area contributed by atoms with Crippen molar-refractivity contribution in [1.29, 1.82) is 0 Å². The van der Waals surface area contributed by atoms with Gasteiger partial charge >= 0.3 is 5.97 Å². The van der Waals surface area contributed by atoms with Gasteiger partial charge in [-0.3, -0.25) is 9.59 Å². The number of carbonyl (C=O) groups is 3. The zero-order chi connectivity index (χ0) is 22.3. The number of nitrogens with zero attached hydrogens (tertiary/aromatic N) is 1. The van der Waals surface area contributed by atoms with E-state index in [0.29, 0.717) is 23.2 Å². The zero-order valence-corrected chi connectivity index (χ0v) is 17.9. The fourth-order valence-corrected chi connectivity index (χ4v) is 3.92. The number of aryl methyl sites for hydroxylation is 2. The highest BCUT2D eigenvalue weighted by Crippen LogP contribution is 2.16. The number of rotatable bonds is 8. The highest BCUT2D eigenvalue weighted by atomic mass is 16.5. The molecular weight excluding hydrogens is 404 g/mol. The molecule has 1 aliphatic rings. The molecule has 3 aromatic rings. The summed E-state index contributed by atoms with van der Waals surface area (Å²) in [5.74, 6) is -0.978. The average Bonchev–Trinajstić information content (AvgIpc) is 3.54. The van der Waals surface area contributed by atoms with Crippen molar-refractivity contribution in [2.75, 3.05) is 19.7 Å². The highest BCUT2D eigenvalue weighted by Gasteiger charge is 2.22. The van der Waals surface area contributed by atoms with Crippen LogP contribution in [0.1, 0.15) is 55.2 Å². The lowest BCUT2D eigenvalue weighted by atomic mass is 10.00. The number of ketones is 1. The summed E-state index contributed by atoms with van der Waals surface area (Å²) in [6, 6.07) is 18.9. The Morgan fingerprint density at radius 1 is 0.906 bits per heavy atom. The number of hydrogen-bond donors (Lipinski definition) is 1. The third kappa shape index (κ3) is 5.14. The van der Waals surface area contributed by atoms with Crippen molar-refractivity contribution >= 4 is 17.7 Å². The van der Waals surface area contributed by atoms with Crippen molar-refractivity contribution in [3.8, 4) is 0 Å². The van der Waals surface area contributed by atoms with Gasteiger partial charge in [0.15, 0.2) is 6.61 Å². The van der Waals surface area contributed by atoms with Crippen LogP contribution in [-0.2, 0) is 17.6 Å². The van der Waals surface area contributed by atoms with E-state index in [1.807, 2.05) is 30.3 Å². The fraction of sp³-hybridized carbons (Fsp3) is 0.269. The molecule has 0 spiro atoms. The summed E-state index contributed by atoms with van der Waals surface area (Å²) in [4.78, 5) is 42.2. The van der Waals surface area contributed by atoms with E-state index in [0.717, 1.165) is 37.9 Å². The number of amides is 1. The molecule has 1 aliphatic heterocycles. The Kier molecular flexibility index (Phi) is 6.80. The molecule has 6 heteroatoms. The minimum Gasteiger partial charge on any atom is -0.454 e. The lowest BCUT2D eigenvalue weighted by Gasteiger charge is -2.13. The molecule has 0 atom stereocenters. The molecule has 0 radical (unpaired) electrons. The van der Waals surface area contributed by atoms with Crippen LogP contribution in [0.2, 0.25) is 0 Å². The number of ether oxygens (including phenoxy) is 1. The van der Waals surface area contributed by atoms with Gasteiger partial charge in [-0.05, 0) is 48.9 Å². The minimum atomic E-state index is -0.522. The van der Waals surface area contributed by atoms with Gasteiger partial charge in [0.1, 0.15) is 5.69 Å². The van der Waals surface area contributed by atoms with E-state index < -0.39 is 5.97 Å². The number of aromatic amines is 1. The number of carbonyl (C=O) groups excluding carboxylic acids is 3. The quantitative estimate of drug-likeness (QED) is 0.431.